The molecule has 0 aromatic carbocycles. The van der Waals surface area contributed by atoms with Crippen molar-refractivity contribution in [3.8, 4) is 0 Å². The van der Waals surface area contributed by atoms with E-state index in [1.54, 1.807) is 6.08 Å². The standard InChI is InChI=1S/C18H28N4O3S2/c1-3-9-22-17(14-8-10-27(24,25)12-14)20-21-18(22)26-11-16(23)19-15-7-5-4-6-13(15)2/h3,13-15H,1,4-12H2,2H3,(H,19,23). The Hall–Kier alpha value is -1.35. The first-order valence-electron chi connectivity index (χ1n) is 9.56. The second kappa shape index (κ2) is 8.77. The van der Waals surface area contributed by atoms with Gasteiger partial charge in [0.1, 0.15) is 5.82 Å². The van der Waals surface area contributed by atoms with Crippen LogP contribution in [-0.2, 0) is 21.2 Å². The summed E-state index contributed by atoms with van der Waals surface area (Å²) >= 11 is 1.34. The highest BCUT2D eigenvalue weighted by Crippen LogP contribution is 2.30. The molecule has 2 fully saturated rings. The maximum atomic E-state index is 12.4. The lowest BCUT2D eigenvalue weighted by atomic mass is 9.86. The van der Waals surface area contributed by atoms with Crippen LogP contribution in [0, 0.1) is 5.92 Å². The number of carbonyl (C=O) groups is 1. The molecule has 1 aliphatic heterocycles. The number of hydrogen-bond donors (Lipinski definition) is 1. The average molecular weight is 413 g/mol. The van der Waals surface area contributed by atoms with Gasteiger partial charge in [0.2, 0.25) is 5.91 Å². The van der Waals surface area contributed by atoms with Crippen molar-refractivity contribution in [3.63, 3.8) is 0 Å². The maximum Gasteiger partial charge on any atom is 0.230 e. The van der Waals surface area contributed by atoms with Crippen LogP contribution in [0.15, 0.2) is 17.8 Å². The maximum absolute atomic E-state index is 12.4. The molecule has 3 rings (SSSR count). The van der Waals surface area contributed by atoms with Crippen molar-refractivity contribution < 1.29 is 13.2 Å². The minimum atomic E-state index is -2.99. The van der Waals surface area contributed by atoms with Gasteiger partial charge in [0.15, 0.2) is 15.0 Å². The van der Waals surface area contributed by atoms with Gasteiger partial charge in [-0.05, 0) is 25.2 Å². The summed E-state index contributed by atoms with van der Waals surface area (Å²) in [4.78, 5) is 12.4. The van der Waals surface area contributed by atoms with Crippen molar-refractivity contribution in [1.82, 2.24) is 20.1 Å². The molecular formula is C18H28N4O3S2. The van der Waals surface area contributed by atoms with Gasteiger partial charge in [0, 0.05) is 18.5 Å². The Morgan fingerprint density at radius 2 is 2.11 bits per heavy atom. The molecule has 0 spiro atoms. The molecule has 0 bridgehead atoms. The quantitative estimate of drug-likeness (QED) is 0.545. The van der Waals surface area contributed by atoms with E-state index in [1.165, 1.54) is 31.0 Å². The Morgan fingerprint density at radius 1 is 1.33 bits per heavy atom. The van der Waals surface area contributed by atoms with Crippen LogP contribution in [0.1, 0.15) is 50.8 Å². The molecule has 27 heavy (non-hydrogen) atoms. The van der Waals surface area contributed by atoms with Crippen LogP contribution in [0.5, 0.6) is 0 Å². The topological polar surface area (TPSA) is 93.9 Å². The predicted molar refractivity (Wildman–Crippen MR) is 107 cm³/mol. The van der Waals surface area contributed by atoms with Gasteiger partial charge >= 0.3 is 0 Å². The van der Waals surface area contributed by atoms with Gasteiger partial charge in [0.05, 0.1) is 17.3 Å². The molecular weight excluding hydrogens is 384 g/mol. The normalized spacial score (nSPS) is 27.4. The predicted octanol–water partition coefficient (Wildman–Crippen LogP) is 2.15. The van der Waals surface area contributed by atoms with E-state index in [0.717, 1.165) is 6.42 Å². The summed E-state index contributed by atoms with van der Waals surface area (Å²) in [7, 11) is -2.99. The molecule has 1 N–H and O–H groups in total. The second-order valence-corrected chi connectivity index (χ2v) is 10.7. The van der Waals surface area contributed by atoms with E-state index < -0.39 is 9.84 Å². The molecule has 1 aromatic heterocycles. The van der Waals surface area contributed by atoms with Gasteiger partial charge in [-0.3, -0.25) is 4.79 Å². The van der Waals surface area contributed by atoms with Crippen LogP contribution in [0.3, 0.4) is 0 Å². The number of allylic oxidation sites excluding steroid dienone is 1. The van der Waals surface area contributed by atoms with Crippen molar-refractivity contribution in [2.45, 2.75) is 62.7 Å². The number of sulfone groups is 1. The van der Waals surface area contributed by atoms with Crippen LogP contribution in [0.4, 0.5) is 0 Å². The number of hydrogen-bond acceptors (Lipinski definition) is 6. The number of thioether (sulfide) groups is 1. The zero-order valence-electron chi connectivity index (χ0n) is 15.8. The molecule has 7 nitrogen and oxygen atoms in total. The number of rotatable bonds is 7. The fraction of sp³-hybridized carbons (Fsp3) is 0.722. The third-order valence-electron chi connectivity index (χ3n) is 5.44. The summed E-state index contributed by atoms with van der Waals surface area (Å²) < 4.78 is 25.5. The molecule has 3 atom stereocenters. The molecule has 2 aliphatic rings. The number of nitrogens with zero attached hydrogens (tertiary/aromatic N) is 3. The highest BCUT2D eigenvalue weighted by Gasteiger charge is 2.33. The Labute approximate surface area is 165 Å². The number of nitrogens with one attached hydrogen (secondary N) is 1. The van der Waals surface area contributed by atoms with Gasteiger partial charge in [-0.25, -0.2) is 8.42 Å². The number of aromatic nitrogens is 3. The van der Waals surface area contributed by atoms with Gasteiger partial charge in [-0.2, -0.15) is 0 Å². The van der Waals surface area contributed by atoms with Gasteiger partial charge < -0.3 is 9.88 Å². The largest absolute Gasteiger partial charge is 0.352 e. The van der Waals surface area contributed by atoms with E-state index >= 15 is 0 Å². The van der Waals surface area contributed by atoms with E-state index in [2.05, 4.69) is 29.0 Å². The lowest BCUT2D eigenvalue weighted by Crippen LogP contribution is -2.41. The molecule has 1 amide bonds. The van der Waals surface area contributed by atoms with Crippen LogP contribution >= 0.6 is 11.8 Å². The van der Waals surface area contributed by atoms with E-state index in [1.807, 2.05) is 4.57 Å². The van der Waals surface area contributed by atoms with Crippen molar-refractivity contribution in [3.05, 3.63) is 18.5 Å². The van der Waals surface area contributed by atoms with E-state index in [4.69, 9.17) is 0 Å². The van der Waals surface area contributed by atoms with Gasteiger partial charge in [-0.15, -0.1) is 16.8 Å². The molecule has 1 aromatic rings. The van der Waals surface area contributed by atoms with Gasteiger partial charge in [-0.1, -0.05) is 37.6 Å². The Bertz CT molecular complexity index is 791. The van der Waals surface area contributed by atoms with E-state index in [-0.39, 0.29) is 35.1 Å². The van der Waals surface area contributed by atoms with E-state index in [9.17, 15) is 13.2 Å². The monoisotopic (exact) mass is 412 g/mol. The fourth-order valence-electron chi connectivity index (χ4n) is 3.92. The molecule has 1 saturated heterocycles. The van der Waals surface area contributed by atoms with E-state index in [0.29, 0.717) is 29.9 Å². The molecule has 2 heterocycles. The number of amides is 1. The van der Waals surface area contributed by atoms with Crippen molar-refractivity contribution >= 4 is 27.5 Å². The highest BCUT2D eigenvalue weighted by molar-refractivity contribution is 7.99. The van der Waals surface area contributed by atoms with Crippen molar-refractivity contribution in [1.29, 1.82) is 0 Å². The van der Waals surface area contributed by atoms with Crippen LogP contribution in [-0.4, -0.2) is 52.4 Å². The third kappa shape index (κ3) is 5.13. The van der Waals surface area contributed by atoms with Crippen LogP contribution < -0.4 is 5.32 Å². The lowest BCUT2D eigenvalue weighted by Gasteiger charge is -2.29. The zero-order valence-corrected chi connectivity index (χ0v) is 17.4. The minimum Gasteiger partial charge on any atom is -0.352 e. The minimum absolute atomic E-state index is 0.0110. The molecule has 150 valence electrons. The second-order valence-electron chi connectivity index (χ2n) is 7.56. The third-order valence-corrected chi connectivity index (χ3v) is 8.18. The average Bonchev–Trinajstić information content (AvgIpc) is 3.18. The first-order chi connectivity index (χ1) is 12.9. The SMILES string of the molecule is C=CCn1c(SCC(=O)NC2CCCCC2C)nnc1C1CCS(=O)(=O)C1. The highest BCUT2D eigenvalue weighted by atomic mass is 32.2. The Kier molecular flexibility index (Phi) is 6.62. The summed E-state index contributed by atoms with van der Waals surface area (Å²) in [5.41, 5.74) is 0. The summed E-state index contributed by atoms with van der Waals surface area (Å²) in [5, 5.41) is 12.2. The molecule has 1 aliphatic carbocycles. The fourth-order valence-corrected chi connectivity index (χ4v) is 6.42. The molecule has 3 unspecified atom stereocenters. The number of carbonyl (C=O) groups excluding carboxylic acids is 1. The molecule has 9 heteroatoms. The molecule has 1 saturated carbocycles. The molecule has 0 radical (unpaired) electrons. The van der Waals surface area contributed by atoms with Crippen LogP contribution in [0.25, 0.3) is 0 Å². The van der Waals surface area contributed by atoms with Crippen molar-refractivity contribution in [2.75, 3.05) is 17.3 Å². The zero-order chi connectivity index (χ0) is 19.4. The lowest BCUT2D eigenvalue weighted by molar-refractivity contribution is -0.119. The smallest absolute Gasteiger partial charge is 0.230 e. The summed E-state index contributed by atoms with van der Waals surface area (Å²) in [6, 6.07) is 0.261. The van der Waals surface area contributed by atoms with Crippen LogP contribution in [0.2, 0.25) is 0 Å². The first-order valence-corrected chi connectivity index (χ1v) is 12.4. The Balaban J connectivity index is 1.62. The van der Waals surface area contributed by atoms with Gasteiger partial charge in [0.25, 0.3) is 0 Å². The summed E-state index contributed by atoms with van der Waals surface area (Å²) in [5.74, 6) is 1.68. The Morgan fingerprint density at radius 3 is 2.78 bits per heavy atom. The summed E-state index contributed by atoms with van der Waals surface area (Å²) in [6.45, 7) is 6.47. The summed E-state index contributed by atoms with van der Waals surface area (Å²) in [6.07, 6.45) is 6.94. The van der Waals surface area contributed by atoms with Crippen molar-refractivity contribution in [2.24, 2.45) is 5.92 Å². The first kappa shape index (κ1) is 20.4.